The third-order valence-electron chi connectivity index (χ3n) is 4.74. The summed E-state index contributed by atoms with van der Waals surface area (Å²) in [5.74, 6) is 0. The zero-order chi connectivity index (χ0) is 14.7. The van der Waals surface area contributed by atoms with Gasteiger partial charge in [0.05, 0.1) is 5.52 Å². The molecule has 1 heterocycles. The Labute approximate surface area is 126 Å². The summed E-state index contributed by atoms with van der Waals surface area (Å²) in [6.07, 6.45) is 4.79. The van der Waals surface area contributed by atoms with Gasteiger partial charge in [0.25, 0.3) is 0 Å². The fourth-order valence-corrected chi connectivity index (χ4v) is 3.52. The first kappa shape index (κ1) is 14.5. The molecule has 0 amide bonds. The van der Waals surface area contributed by atoms with E-state index in [9.17, 15) is 5.11 Å². The zero-order valence-corrected chi connectivity index (χ0v) is 12.7. The van der Waals surface area contributed by atoms with Crippen LogP contribution in [0.15, 0.2) is 30.3 Å². The van der Waals surface area contributed by atoms with E-state index in [0.717, 1.165) is 37.1 Å². The van der Waals surface area contributed by atoms with E-state index in [4.69, 9.17) is 0 Å². The second kappa shape index (κ2) is 6.12. The number of hydrogen-bond acceptors (Lipinski definition) is 3. The molecule has 1 aliphatic rings. The highest BCUT2D eigenvalue weighted by Crippen LogP contribution is 2.37. The minimum absolute atomic E-state index is 0.109. The van der Waals surface area contributed by atoms with Crippen molar-refractivity contribution < 1.29 is 5.11 Å². The molecule has 0 radical (unpaired) electrons. The van der Waals surface area contributed by atoms with Gasteiger partial charge in [0.1, 0.15) is 0 Å². The molecule has 0 unspecified atom stereocenters. The van der Waals surface area contributed by atoms with Gasteiger partial charge in [-0.05, 0) is 37.5 Å². The lowest BCUT2D eigenvalue weighted by atomic mass is 9.87. The van der Waals surface area contributed by atoms with Gasteiger partial charge in [-0.15, -0.1) is 0 Å². The lowest BCUT2D eigenvalue weighted by Crippen LogP contribution is -2.34. The lowest BCUT2D eigenvalue weighted by molar-refractivity contribution is 0.128. The Balaban J connectivity index is 1.73. The molecule has 0 saturated heterocycles. The summed E-state index contributed by atoms with van der Waals surface area (Å²) in [4.78, 5) is 4.58. The zero-order valence-electron chi connectivity index (χ0n) is 12.7. The van der Waals surface area contributed by atoms with E-state index in [1.807, 2.05) is 13.0 Å². The molecule has 3 nitrogen and oxygen atoms in total. The van der Waals surface area contributed by atoms with E-state index in [2.05, 4.69) is 34.6 Å². The van der Waals surface area contributed by atoms with Crippen molar-refractivity contribution in [2.75, 3.05) is 13.2 Å². The molecule has 2 N–H and O–H groups in total. The Morgan fingerprint density at radius 1 is 1.24 bits per heavy atom. The van der Waals surface area contributed by atoms with Crippen molar-refractivity contribution in [1.29, 1.82) is 0 Å². The molecule has 3 rings (SSSR count). The van der Waals surface area contributed by atoms with E-state index >= 15 is 0 Å². The maximum atomic E-state index is 9.68. The fourth-order valence-electron chi connectivity index (χ4n) is 3.52. The van der Waals surface area contributed by atoms with Crippen LogP contribution in [0.2, 0.25) is 0 Å². The van der Waals surface area contributed by atoms with Crippen molar-refractivity contribution in [3.05, 3.63) is 41.6 Å². The number of rotatable bonds is 5. The normalized spacial score (nSPS) is 17.4. The van der Waals surface area contributed by atoms with E-state index in [-0.39, 0.29) is 5.41 Å². The number of aliphatic hydroxyl groups is 1. The monoisotopic (exact) mass is 284 g/mol. The third-order valence-corrected chi connectivity index (χ3v) is 4.74. The van der Waals surface area contributed by atoms with Crippen molar-refractivity contribution >= 4 is 10.9 Å². The molecule has 1 saturated carbocycles. The van der Waals surface area contributed by atoms with Crippen molar-refractivity contribution in [1.82, 2.24) is 10.3 Å². The first-order chi connectivity index (χ1) is 10.2. The average Bonchev–Trinajstić information content (AvgIpc) is 2.96. The summed E-state index contributed by atoms with van der Waals surface area (Å²) in [5, 5.41) is 14.5. The number of nitrogens with zero attached hydrogens (tertiary/aromatic N) is 1. The smallest absolute Gasteiger partial charge is 0.0708 e. The van der Waals surface area contributed by atoms with Gasteiger partial charge in [0.2, 0.25) is 0 Å². The van der Waals surface area contributed by atoms with Crippen molar-refractivity contribution in [3.8, 4) is 0 Å². The summed E-state index contributed by atoms with van der Waals surface area (Å²) >= 11 is 0. The van der Waals surface area contributed by atoms with Gasteiger partial charge < -0.3 is 10.4 Å². The Bertz CT molecular complexity index is 618. The highest BCUT2D eigenvalue weighted by Gasteiger charge is 2.32. The van der Waals surface area contributed by atoms with Gasteiger partial charge in [-0.2, -0.15) is 0 Å². The summed E-state index contributed by atoms with van der Waals surface area (Å²) in [6.45, 7) is 4.09. The standard InChI is InChI=1S/C18H24N2O/c1-14-10-15(16-6-2-3-7-17(16)20-14)11-19-12-18(13-21)8-4-5-9-18/h2-3,6-7,10,19,21H,4-5,8-9,11-13H2,1H3. The van der Waals surface area contributed by atoms with Crippen LogP contribution in [-0.4, -0.2) is 23.2 Å². The summed E-state index contributed by atoms with van der Waals surface area (Å²) in [7, 11) is 0. The van der Waals surface area contributed by atoms with E-state index < -0.39 is 0 Å². The Hall–Kier alpha value is -1.45. The Kier molecular flexibility index (Phi) is 4.22. The molecular formula is C18H24N2O. The number of hydrogen-bond donors (Lipinski definition) is 2. The number of aromatic nitrogens is 1. The molecular weight excluding hydrogens is 260 g/mol. The predicted octanol–water partition coefficient (Wildman–Crippen LogP) is 3.19. The molecule has 0 aliphatic heterocycles. The molecule has 1 fully saturated rings. The van der Waals surface area contributed by atoms with Crippen LogP contribution in [0.3, 0.4) is 0 Å². The highest BCUT2D eigenvalue weighted by molar-refractivity contribution is 5.82. The van der Waals surface area contributed by atoms with Gasteiger partial charge >= 0.3 is 0 Å². The number of aryl methyl sites for hydroxylation is 1. The van der Waals surface area contributed by atoms with Crippen LogP contribution in [0.5, 0.6) is 0 Å². The van der Waals surface area contributed by atoms with Gasteiger partial charge in [-0.25, -0.2) is 0 Å². The van der Waals surface area contributed by atoms with Crippen LogP contribution in [0.4, 0.5) is 0 Å². The van der Waals surface area contributed by atoms with Gasteiger partial charge in [-0.3, -0.25) is 4.98 Å². The third kappa shape index (κ3) is 3.09. The van der Waals surface area contributed by atoms with E-state index in [1.165, 1.54) is 23.8 Å². The molecule has 1 aliphatic carbocycles. The molecule has 1 aromatic carbocycles. The van der Waals surface area contributed by atoms with Crippen LogP contribution in [0, 0.1) is 12.3 Å². The molecule has 1 aromatic heterocycles. The van der Waals surface area contributed by atoms with Crippen LogP contribution in [0.25, 0.3) is 10.9 Å². The van der Waals surface area contributed by atoms with Crippen molar-refractivity contribution in [3.63, 3.8) is 0 Å². The minimum Gasteiger partial charge on any atom is -0.396 e. The maximum Gasteiger partial charge on any atom is 0.0708 e. The molecule has 21 heavy (non-hydrogen) atoms. The molecule has 3 heteroatoms. The topological polar surface area (TPSA) is 45.1 Å². The largest absolute Gasteiger partial charge is 0.396 e. The Morgan fingerprint density at radius 2 is 2.00 bits per heavy atom. The quantitative estimate of drug-likeness (QED) is 0.886. The number of fused-ring (bicyclic) bond motifs is 1. The van der Waals surface area contributed by atoms with Gasteiger partial charge in [0.15, 0.2) is 0 Å². The summed E-state index contributed by atoms with van der Waals surface area (Å²) in [6, 6.07) is 10.5. The maximum absolute atomic E-state index is 9.68. The Morgan fingerprint density at radius 3 is 2.76 bits per heavy atom. The molecule has 0 atom stereocenters. The van der Waals surface area contributed by atoms with E-state index in [0.29, 0.717) is 6.61 Å². The number of para-hydroxylation sites is 1. The summed E-state index contributed by atoms with van der Waals surface area (Å²) in [5.41, 5.74) is 3.53. The van der Waals surface area contributed by atoms with Crippen LogP contribution in [-0.2, 0) is 6.54 Å². The molecule has 2 aromatic rings. The molecule has 112 valence electrons. The average molecular weight is 284 g/mol. The van der Waals surface area contributed by atoms with Gasteiger partial charge in [-0.1, -0.05) is 31.0 Å². The number of pyridine rings is 1. The second-order valence-electron chi connectivity index (χ2n) is 6.41. The highest BCUT2D eigenvalue weighted by atomic mass is 16.3. The fraction of sp³-hybridized carbons (Fsp3) is 0.500. The van der Waals surface area contributed by atoms with E-state index in [1.54, 1.807) is 0 Å². The second-order valence-corrected chi connectivity index (χ2v) is 6.41. The first-order valence-electron chi connectivity index (χ1n) is 7.89. The van der Waals surface area contributed by atoms with Crippen molar-refractivity contribution in [2.45, 2.75) is 39.2 Å². The lowest BCUT2D eigenvalue weighted by Gasteiger charge is -2.26. The number of nitrogens with one attached hydrogen (secondary N) is 1. The van der Waals surface area contributed by atoms with Crippen LogP contribution >= 0.6 is 0 Å². The SMILES string of the molecule is Cc1cc(CNCC2(CO)CCCC2)c2ccccc2n1. The van der Waals surface area contributed by atoms with Crippen LogP contribution < -0.4 is 5.32 Å². The summed E-state index contributed by atoms with van der Waals surface area (Å²) < 4.78 is 0. The molecule has 0 bridgehead atoms. The minimum atomic E-state index is 0.109. The predicted molar refractivity (Wildman–Crippen MR) is 86.2 cm³/mol. The van der Waals surface area contributed by atoms with Gasteiger partial charge in [0, 0.05) is 36.2 Å². The molecule has 0 spiro atoms. The van der Waals surface area contributed by atoms with Crippen LogP contribution in [0.1, 0.15) is 36.9 Å². The van der Waals surface area contributed by atoms with Crippen molar-refractivity contribution in [2.24, 2.45) is 5.41 Å². The number of aliphatic hydroxyl groups excluding tert-OH is 1. The first-order valence-corrected chi connectivity index (χ1v) is 7.89. The number of benzene rings is 1.